The van der Waals surface area contributed by atoms with Crippen molar-refractivity contribution in [2.45, 2.75) is 45.3 Å². The molecule has 1 atom stereocenters. The summed E-state index contributed by atoms with van der Waals surface area (Å²) in [6, 6.07) is 0.367. The highest BCUT2D eigenvalue weighted by molar-refractivity contribution is 5.15. The van der Waals surface area contributed by atoms with Crippen LogP contribution in [0.25, 0.3) is 0 Å². The lowest BCUT2D eigenvalue weighted by Gasteiger charge is -2.18. The van der Waals surface area contributed by atoms with Gasteiger partial charge in [-0.05, 0) is 26.7 Å². The third-order valence-electron chi connectivity index (χ3n) is 2.50. The minimum atomic E-state index is -0.218. The molecule has 0 radical (unpaired) electrons. The van der Waals surface area contributed by atoms with E-state index in [1.165, 1.54) is 5.69 Å². The van der Waals surface area contributed by atoms with Gasteiger partial charge in [-0.15, -0.1) is 5.10 Å². The zero-order valence-electron chi connectivity index (χ0n) is 8.06. The second-order valence-corrected chi connectivity index (χ2v) is 3.92. The van der Waals surface area contributed by atoms with Gasteiger partial charge >= 0.3 is 0 Å². The van der Waals surface area contributed by atoms with E-state index in [4.69, 9.17) is 0 Å². The lowest BCUT2D eigenvalue weighted by atomic mass is 9.98. The Kier molecular flexibility index (Phi) is 2.07. The first-order valence-corrected chi connectivity index (χ1v) is 4.79. The van der Waals surface area contributed by atoms with E-state index in [1.807, 2.05) is 4.68 Å². The van der Waals surface area contributed by atoms with Crippen molar-refractivity contribution in [3.63, 3.8) is 0 Å². The SMILES string of the molecule is CC(C)n1nnc2c1CCC(O)C2. The first kappa shape index (κ1) is 8.69. The standard InChI is InChI=1S/C9H15N3O/c1-6(2)12-9-4-3-7(13)5-8(9)10-11-12/h6-7,13H,3-5H2,1-2H3. The van der Waals surface area contributed by atoms with Gasteiger partial charge in [0.05, 0.1) is 17.5 Å². The Morgan fingerprint density at radius 1 is 1.54 bits per heavy atom. The van der Waals surface area contributed by atoms with Crippen LogP contribution in [0.15, 0.2) is 0 Å². The fourth-order valence-corrected chi connectivity index (χ4v) is 1.81. The first-order chi connectivity index (χ1) is 6.18. The first-order valence-electron chi connectivity index (χ1n) is 4.79. The van der Waals surface area contributed by atoms with Gasteiger partial charge in [-0.25, -0.2) is 4.68 Å². The third kappa shape index (κ3) is 1.46. The van der Waals surface area contributed by atoms with Crippen LogP contribution >= 0.6 is 0 Å². The average Bonchev–Trinajstić information content (AvgIpc) is 2.46. The van der Waals surface area contributed by atoms with Gasteiger partial charge in [0.1, 0.15) is 0 Å². The summed E-state index contributed by atoms with van der Waals surface area (Å²) in [5.74, 6) is 0. The number of aliphatic hydroxyl groups excluding tert-OH is 1. The Morgan fingerprint density at radius 2 is 2.31 bits per heavy atom. The molecule has 0 saturated heterocycles. The molecule has 0 aromatic carbocycles. The zero-order chi connectivity index (χ0) is 9.42. The van der Waals surface area contributed by atoms with Crippen molar-refractivity contribution in [3.05, 3.63) is 11.4 Å². The van der Waals surface area contributed by atoms with Gasteiger partial charge in [0.25, 0.3) is 0 Å². The summed E-state index contributed by atoms with van der Waals surface area (Å²) in [5.41, 5.74) is 2.19. The van der Waals surface area contributed by atoms with Crippen LogP contribution in [0, 0.1) is 0 Å². The summed E-state index contributed by atoms with van der Waals surface area (Å²) in [7, 11) is 0. The smallest absolute Gasteiger partial charge is 0.0885 e. The van der Waals surface area contributed by atoms with Gasteiger partial charge in [-0.2, -0.15) is 0 Å². The molecule has 2 rings (SSSR count). The maximum absolute atomic E-state index is 9.43. The molecule has 1 aromatic heterocycles. The van der Waals surface area contributed by atoms with Gasteiger partial charge in [0.15, 0.2) is 0 Å². The molecular formula is C9H15N3O. The van der Waals surface area contributed by atoms with Gasteiger partial charge in [-0.3, -0.25) is 0 Å². The molecule has 1 aromatic rings. The molecule has 72 valence electrons. The van der Waals surface area contributed by atoms with E-state index >= 15 is 0 Å². The summed E-state index contributed by atoms with van der Waals surface area (Å²) in [6.07, 6.45) is 2.20. The normalized spacial score (nSPS) is 22.0. The lowest BCUT2D eigenvalue weighted by Crippen LogP contribution is -2.20. The topological polar surface area (TPSA) is 50.9 Å². The van der Waals surface area contributed by atoms with E-state index in [9.17, 15) is 5.11 Å². The van der Waals surface area contributed by atoms with Gasteiger partial charge in [0, 0.05) is 12.5 Å². The number of aromatic nitrogens is 3. The van der Waals surface area contributed by atoms with Crippen molar-refractivity contribution in [1.29, 1.82) is 0 Å². The van der Waals surface area contributed by atoms with Crippen molar-refractivity contribution in [1.82, 2.24) is 15.0 Å². The molecule has 0 bridgehead atoms. The molecule has 0 fully saturated rings. The molecule has 0 spiro atoms. The highest BCUT2D eigenvalue weighted by Crippen LogP contribution is 2.21. The number of rotatable bonds is 1. The van der Waals surface area contributed by atoms with Crippen LogP contribution in [-0.4, -0.2) is 26.2 Å². The number of aliphatic hydroxyl groups is 1. The number of nitrogens with zero attached hydrogens (tertiary/aromatic N) is 3. The quantitative estimate of drug-likeness (QED) is 0.694. The van der Waals surface area contributed by atoms with Crippen molar-refractivity contribution >= 4 is 0 Å². The molecule has 1 unspecified atom stereocenters. The van der Waals surface area contributed by atoms with Crippen LogP contribution in [-0.2, 0) is 12.8 Å². The summed E-state index contributed by atoms with van der Waals surface area (Å²) in [4.78, 5) is 0. The second-order valence-electron chi connectivity index (χ2n) is 3.92. The van der Waals surface area contributed by atoms with Crippen molar-refractivity contribution in [2.24, 2.45) is 0 Å². The van der Waals surface area contributed by atoms with E-state index in [1.54, 1.807) is 0 Å². The molecule has 1 N–H and O–H groups in total. The molecule has 0 amide bonds. The highest BCUT2D eigenvalue weighted by atomic mass is 16.3. The number of fused-ring (bicyclic) bond motifs is 1. The largest absolute Gasteiger partial charge is 0.393 e. The summed E-state index contributed by atoms with van der Waals surface area (Å²) < 4.78 is 1.96. The third-order valence-corrected chi connectivity index (χ3v) is 2.50. The average molecular weight is 181 g/mol. The maximum atomic E-state index is 9.43. The molecule has 13 heavy (non-hydrogen) atoms. The van der Waals surface area contributed by atoms with Crippen LogP contribution in [0.1, 0.15) is 37.7 Å². The Labute approximate surface area is 77.6 Å². The van der Waals surface area contributed by atoms with Gasteiger partial charge in [0.2, 0.25) is 0 Å². The van der Waals surface area contributed by atoms with E-state index in [-0.39, 0.29) is 6.10 Å². The lowest BCUT2D eigenvalue weighted by molar-refractivity contribution is 0.156. The highest BCUT2D eigenvalue weighted by Gasteiger charge is 2.22. The molecule has 4 heteroatoms. The fourth-order valence-electron chi connectivity index (χ4n) is 1.81. The van der Waals surface area contributed by atoms with E-state index in [0.29, 0.717) is 12.5 Å². The summed E-state index contributed by atoms with van der Waals surface area (Å²) in [6.45, 7) is 4.19. The second kappa shape index (κ2) is 3.10. The van der Waals surface area contributed by atoms with E-state index in [2.05, 4.69) is 24.2 Å². The molecule has 0 saturated carbocycles. The molecule has 4 nitrogen and oxygen atoms in total. The van der Waals surface area contributed by atoms with E-state index in [0.717, 1.165) is 18.5 Å². The predicted octanol–water partition coefficient (Wildman–Crippen LogP) is 0.709. The summed E-state index contributed by atoms with van der Waals surface area (Å²) >= 11 is 0. The van der Waals surface area contributed by atoms with Crippen molar-refractivity contribution in [2.75, 3.05) is 0 Å². The van der Waals surface area contributed by atoms with Crippen LogP contribution in [0.2, 0.25) is 0 Å². The molecule has 1 aliphatic rings. The van der Waals surface area contributed by atoms with Gasteiger partial charge in [-0.1, -0.05) is 5.21 Å². The monoisotopic (exact) mass is 181 g/mol. The Balaban J connectivity index is 2.33. The van der Waals surface area contributed by atoms with Crippen molar-refractivity contribution in [3.8, 4) is 0 Å². The Bertz CT molecular complexity index is 306. The molecule has 1 aliphatic carbocycles. The van der Waals surface area contributed by atoms with Crippen molar-refractivity contribution < 1.29 is 5.11 Å². The van der Waals surface area contributed by atoms with Crippen LogP contribution in [0.3, 0.4) is 0 Å². The summed E-state index contributed by atoms with van der Waals surface area (Å²) in [5, 5.41) is 17.6. The molecular weight excluding hydrogens is 166 g/mol. The predicted molar refractivity (Wildman–Crippen MR) is 48.4 cm³/mol. The number of hydrogen-bond donors (Lipinski definition) is 1. The van der Waals surface area contributed by atoms with E-state index < -0.39 is 0 Å². The number of hydrogen-bond acceptors (Lipinski definition) is 3. The van der Waals surface area contributed by atoms with Crippen LogP contribution in [0.4, 0.5) is 0 Å². The van der Waals surface area contributed by atoms with Crippen LogP contribution in [0.5, 0.6) is 0 Å². The Hall–Kier alpha value is -0.900. The van der Waals surface area contributed by atoms with Crippen LogP contribution < -0.4 is 0 Å². The maximum Gasteiger partial charge on any atom is 0.0885 e. The Morgan fingerprint density at radius 3 is 3.00 bits per heavy atom. The molecule has 0 aliphatic heterocycles. The fraction of sp³-hybridized carbons (Fsp3) is 0.778. The zero-order valence-corrected chi connectivity index (χ0v) is 8.06. The molecule has 1 heterocycles. The van der Waals surface area contributed by atoms with Gasteiger partial charge < -0.3 is 5.11 Å². The minimum Gasteiger partial charge on any atom is -0.393 e. The minimum absolute atomic E-state index is 0.218.